The third kappa shape index (κ3) is 5.55. The Hall–Kier alpha value is -2.78. The van der Waals surface area contributed by atoms with Crippen molar-refractivity contribution in [3.63, 3.8) is 0 Å². The number of nitrogens with two attached hydrogens (primary N) is 1. The zero-order chi connectivity index (χ0) is 28.7. The molecular formula is C24H31N6O8PS. The molecule has 2 aromatic heterocycles. The summed E-state index contributed by atoms with van der Waals surface area (Å²) in [7, 11) is 1.41. The topological polar surface area (TPSA) is 193 Å². The smallest absolute Gasteiger partial charge is 0.327 e. The van der Waals surface area contributed by atoms with Crippen molar-refractivity contribution in [3.05, 3.63) is 42.2 Å². The predicted octanol–water partition coefficient (Wildman–Crippen LogP) is 1.95. The molecule has 0 radical (unpaired) electrons. The maximum Gasteiger partial charge on any atom is 0.327 e. The maximum absolute atomic E-state index is 13.5. The molecule has 40 heavy (non-hydrogen) atoms. The van der Waals surface area contributed by atoms with E-state index in [1.807, 2.05) is 30.3 Å². The van der Waals surface area contributed by atoms with E-state index in [0.717, 1.165) is 16.9 Å². The molecule has 1 aromatic carbocycles. The van der Waals surface area contributed by atoms with Gasteiger partial charge < -0.3 is 34.7 Å². The van der Waals surface area contributed by atoms with Crippen molar-refractivity contribution >= 4 is 41.2 Å². The summed E-state index contributed by atoms with van der Waals surface area (Å²) in [5.74, 6) is -0.0791. The molecule has 5 N–H and O–H groups in total. The Balaban J connectivity index is 1.25. The largest absolute Gasteiger partial charge is 0.479 e. The van der Waals surface area contributed by atoms with Gasteiger partial charge in [-0.15, -0.1) is 0 Å². The van der Waals surface area contributed by atoms with Crippen LogP contribution in [0.25, 0.3) is 11.2 Å². The number of carbonyl (C=O) groups is 1. The van der Waals surface area contributed by atoms with Crippen LogP contribution in [-0.4, -0.2) is 79.0 Å². The summed E-state index contributed by atoms with van der Waals surface area (Å²) >= 11 is 1.05. The Morgan fingerprint density at radius 2 is 2.12 bits per heavy atom. The van der Waals surface area contributed by atoms with Crippen LogP contribution in [0, 0.1) is 0 Å². The molecular weight excluding hydrogens is 563 g/mol. The van der Waals surface area contributed by atoms with E-state index in [4.69, 9.17) is 24.5 Å². The molecule has 7 atom stereocenters. The number of fused-ring (bicyclic) bond motifs is 1. The number of aliphatic hydroxyl groups is 2. The standard InChI is InChI=1S/C24H31N6O8PS/c1-13(14-7-5-4-6-8-14)37-21(32)15-9-10-40-39(34,29-15)36-11-16-18(31)24(2,33)22(38-16)30-12-26-17-19(30)27-23(25)28-20(17)35-3/h4-8,12-13,15-16,18,22,31,33H,9-11H2,1-3H3,(H,29,34)(H2,25,27,28)/t13?,15?,16-,18-,22?,24-,39?/m1/s1. The second-order valence-corrected chi connectivity index (χ2v) is 14.1. The molecule has 216 valence electrons. The van der Waals surface area contributed by atoms with Gasteiger partial charge in [0.2, 0.25) is 11.8 Å². The van der Waals surface area contributed by atoms with Gasteiger partial charge in [0.25, 0.3) is 0 Å². The summed E-state index contributed by atoms with van der Waals surface area (Å²) in [4.78, 5) is 25.2. The van der Waals surface area contributed by atoms with Gasteiger partial charge in [-0.2, -0.15) is 9.97 Å². The Morgan fingerprint density at radius 3 is 2.85 bits per heavy atom. The summed E-state index contributed by atoms with van der Waals surface area (Å²) in [6.07, 6.45) is -2.35. The number of esters is 1. The monoisotopic (exact) mass is 594 g/mol. The summed E-state index contributed by atoms with van der Waals surface area (Å²) in [6.45, 7) is -0.748. The van der Waals surface area contributed by atoms with Crippen LogP contribution in [0.3, 0.4) is 0 Å². The van der Waals surface area contributed by atoms with Gasteiger partial charge in [0.1, 0.15) is 30.0 Å². The number of carbonyl (C=O) groups excluding carboxylic acids is 1. The number of ether oxygens (including phenoxy) is 3. The number of benzene rings is 1. The molecule has 2 aliphatic rings. The molecule has 2 saturated heterocycles. The normalized spacial score (nSPS) is 31.2. The first kappa shape index (κ1) is 28.7. The van der Waals surface area contributed by atoms with E-state index in [1.54, 1.807) is 6.92 Å². The number of aromatic nitrogens is 4. The number of hydrogen-bond acceptors (Lipinski definition) is 13. The first-order valence-corrected chi connectivity index (χ1v) is 15.8. The molecule has 0 bridgehead atoms. The lowest BCUT2D eigenvalue weighted by atomic mass is 9.96. The first-order valence-electron chi connectivity index (χ1n) is 12.5. The number of hydrogen-bond donors (Lipinski definition) is 4. The number of nitrogen functional groups attached to an aromatic ring is 1. The zero-order valence-electron chi connectivity index (χ0n) is 22.0. The molecule has 0 aliphatic carbocycles. The van der Waals surface area contributed by atoms with Crippen LogP contribution in [0.1, 0.15) is 38.2 Å². The quantitative estimate of drug-likeness (QED) is 0.218. The Labute approximate surface area is 233 Å². The summed E-state index contributed by atoms with van der Waals surface area (Å²) in [5, 5.41) is 24.9. The van der Waals surface area contributed by atoms with Crippen LogP contribution < -0.4 is 15.6 Å². The second-order valence-electron chi connectivity index (χ2n) is 9.70. The fraction of sp³-hybridized carbons (Fsp3) is 0.500. The van der Waals surface area contributed by atoms with Gasteiger partial charge in [0.05, 0.1) is 20.0 Å². The van der Waals surface area contributed by atoms with Crippen LogP contribution in [0.2, 0.25) is 0 Å². The van der Waals surface area contributed by atoms with Crippen molar-refractivity contribution < 1.29 is 38.3 Å². The molecule has 0 amide bonds. The van der Waals surface area contributed by atoms with Gasteiger partial charge in [-0.1, -0.05) is 41.7 Å². The van der Waals surface area contributed by atoms with E-state index in [0.29, 0.717) is 12.2 Å². The lowest BCUT2D eigenvalue weighted by Gasteiger charge is -2.30. The molecule has 0 saturated carbocycles. The lowest BCUT2D eigenvalue weighted by molar-refractivity contribution is -0.150. The van der Waals surface area contributed by atoms with Crippen molar-refractivity contribution in [2.45, 2.75) is 56.5 Å². The summed E-state index contributed by atoms with van der Waals surface area (Å²) in [5.41, 5.74) is 5.34. The molecule has 2 fully saturated rings. The summed E-state index contributed by atoms with van der Waals surface area (Å²) in [6, 6.07) is 8.46. The van der Waals surface area contributed by atoms with Gasteiger partial charge in [-0.05, 0) is 25.8 Å². The average molecular weight is 595 g/mol. The van der Waals surface area contributed by atoms with E-state index in [2.05, 4.69) is 20.0 Å². The lowest BCUT2D eigenvalue weighted by Crippen LogP contribution is -2.44. The minimum atomic E-state index is -3.58. The van der Waals surface area contributed by atoms with E-state index < -0.39 is 48.9 Å². The number of anilines is 1. The van der Waals surface area contributed by atoms with Crippen LogP contribution in [-0.2, 0) is 23.4 Å². The van der Waals surface area contributed by atoms with E-state index >= 15 is 0 Å². The van der Waals surface area contributed by atoms with Crippen molar-refractivity contribution in [1.82, 2.24) is 24.6 Å². The maximum atomic E-state index is 13.5. The minimum absolute atomic E-state index is 0.0751. The van der Waals surface area contributed by atoms with E-state index in [-0.39, 0.29) is 29.6 Å². The predicted molar refractivity (Wildman–Crippen MR) is 145 cm³/mol. The van der Waals surface area contributed by atoms with Crippen molar-refractivity contribution in [2.24, 2.45) is 0 Å². The molecule has 2 aliphatic heterocycles. The highest BCUT2D eigenvalue weighted by Crippen LogP contribution is 2.59. The van der Waals surface area contributed by atoms with Crippen molar-refractivity contribution in [3.8, 4) is 5.88 Å². The number of rotatable bonds is 8. The van der Waals surface area contributed by atoms with Crippen LogP contribution in [0.15, 0.2) is 36.7 Å². The Bertz CT molecular complexity index is 1430. The highest BCUT2D eigenvalue weighted by atomic mass is 32.7. The van der Waals surface area contributed by atoms with Crippen molar-refractivity contribution in [2.75, 3.05) is 25.2 Å². The van der Waals surface area contributed by atoms with Crippen molar-refractivity contribution in [1.29, 1.82) is 0 Å². The molecule has 0 spiro atoms. The van der Waals surface area contributed by atoms with Gasteiger partial charge in [0, 0.05) is 5.75 Å². The molecule has 16 heteroatoms. The third-order valence-electron chi connectivity index (χ3n) is 6.84. The second kappa shape index (κ2) is 11.2. The van der Waals surface area contributed by atoms with Crippen LogP contribution in [0.4, 0.5) is 5.95 Å². The fourth-order valence-corrected chi connectivity index (χ4v) is 8.46. The molecule has 3 aromatic rings. The van der Waals surface area contributed by atoms with E-state index in [9.17, 15) is 19.6 Å². The molecule has 4 unspecified atom stereocenters. The number of nitrogens with zero attached hydrogens (tertiary/aromatic N) is 4. The number of imidazole rings is 1. The highest BCUT2D eigenvalue weighted by molar-refractivity contribution is 8.56. The van der Waals surface area contributed by atoms with Gasteiger partial charge >= 0.3 is 12.7 Å². The number of aliphatic hydroxyl groups excluding tert-OH is 1. The molecule has 14 nitrogen and oxygen atoms in total. The molecule has 4 heterocycles. The van der Waals surface area contributed by atoms with Crippen LogP contribution >= 0.6 is 18.1 Å². The highest BCUT2D eigenvalue weighted by Gasteiger charge is 2.54. The Morgan fingerprint density at radius 1 is 1.38 bits per heavy atom. The van der Waals surface area contributed by atoms with Gasteiger partial charge in [0.15, 0.2) is 17.4 Å². The first-order chi connectivity index (χ1) is 19.0. The SMILES string of the molecule is COc1nc(N)nc2c1ncn2C1O[C@H](COP2(=O)NC(C(=O)OC(C)c3ccccc3)CCS2)[C@@H](O)[C@@]1(C)O. The third-order valence-corrected chi connectivity index (χ3v) is 10.9. The Kier molecular flexibility index (Phi) is 8.08. The van der Waals surface area contributed by atoms with E-state index in [1.165, 1.54) is 24.9 Å². The number of nitrogens with one attached hydrogen (secondary N) is 1. The average Bonchev–Trinajstić information content (AvgIpc) is 3.45. The van der Waals surface area contributed by atoms with Crippen LogP contribution in [0.5, 0.6) is 5.88 Å². The van der Waals surface area contributed by atoms with Gasteiger partial charge in [-0.3, -0.25) is 13.9 Å². The number of methoxy groups -OCH3 is 1. The fourth-order valence-electron chi connectivity index (χ4n) is 4.65. The molecule has 5 rings (SSSR count). The van der Waals surface area contributed by atoms with Gasteiger partial charge in [-0.25, -0.2) is 10.1 Å². The minimum Gasteiger partial charge on any atom is -0.479 e. The zero-order valence-corrected chi connectivity index (χ0v) is 23.7. The summed E-state index contributed by atoms with van der Waals surface area (Å²) < 4.78 is 37.4.